The second-order valence-corrected chi connectivity index (χ2v) is 5.01. The van der Waals surface area contributed by atoms with E-state index >= 15 is 0 Å². The first-order chi connectivity index (χ1) is 11.1. The number of amides is 1. The van der Waals surface area contributed by atoms with Crippen molar-refractivity contribution >= 4 is 12.0 Å². The average Bonchev–Trinajstić information content (AvgIpc) is 2.60. The molecule has 0 fully saturated rings. The summed E-state index contributed by atoms with van der Waals surface area (Å²) >= 11 is 0. The zero-order valence-corrected chi connectivity index (χ0v) is 12.7. The number of carbonyl (C=O) groups excluding carboxylic acids is 1. The van der Waals surface area contributed by atoms with E-state index in [1.54, 1.807) is 24.3 Å². The topological polar surface area (TPSA) is 76.7 Å². The van der Waals surface area contributed by atoms with Crippen LogP contribution in [-0.2, 0) is 4.79 Å². The third kappa shape index (κ3) is 4.30. The van der Waals surface area contributed by atoms with Crippen LogP contribution in [0.4, 0.5) is 0 Å². The summed E-state index contributed by atoms with van der Waals surface area (Å²) in [5.41, 5.74) is 2.22. The second-order valence-electron chi connectivity index (χ2n) is 5.01. The number of nitrogens with zero attached hydrogens (tertiary/aromatic N) is 2. The normalized spacial score (nSPS) is 11.9. The monoisotopic (exact) mass is 301 g/mol. The lowest BCUT2D eigenvalue weighted by molar-refractivity contribution is -0.117. The molecule has 0 heterocycles. The van der Waals surface area contributed by atoms with Crippen molar-refractivity contribution in [2.75, 3.05) is 0 Å². The zero-order chi connectivity index (χ0) is 16.7. The lowest BCUT2D eigenvalue weighted by atomic mass is 10.1. The van der Waals surface area contributed by atoms with E-state index in [1.807, 2.05) is 49.4 Å². The van der Waals surface area contributed by atoms with Crippen molar-refractivity contribution in [3.63, 3.8) is 0 Å². The van der Waals surface area contributed by atoms with Crippen molar-refractivity contribution in [2.24, 2.45) is 0 Å². The summed E-state index contributed by atoms with van der Waals surface area (Å²) in [6, 6.07) is 20.0. The summed E-state index contributed by atoms with van der Waals surface area (Å²) < 4.78 is 0. The average molecular weight is 301 g/mol. The second kappa shape index (κ2) is 7.59. The van der Waals surface area contributed by atoms with Gasteiger partial charge in [-0.1, -0.05) is 42.5 Å². The van der Waals surface area contributed by atoms with E-state index < -0.39 is 5.91 Å². The SMILES string of the molecule is C[C@@H](NC(=O)/C(C#N)=C/c1ccc(C#N)cc1)c1ccccc1. The largest absolute Gasteiger partial charge is 0.345 e. The van der Waals surface area contributed by atoms with Gasteiger partial charge in [-0.15, -0.1) is 0 Å². The molecular formula is C19H15N3O. The van der Waals surface area contributed by atoms with Crippen LogP contribution in [0.5, 0.6) is 0 Å². The van der Waals surface area contributed by atoms with Gasteiger partial charge >= 0.3 is 0 Å². The zero-order valence-electron chi connectivity index (χ0n) is 12.7. The number of hydrogen-bond donors (Lipinski definition) is 1. The highest BCUT2D eigenvalue weighted by atomic mass is 16.1. The molecule has 0 saturated carbocycles. The molecule has 112 valence electrons. The van der Waals surface area contributed by atoms with Gasteiger partial charge < -0.3 is 5.32 Å². The molecule has 0 unspecified atom stereocenters. The van der Waals surface area contributed by atoms with Crippen molar-refractivity contribution in [3.05, 3.63) is 76.9 Å². The molecule has 0 aliphatic carbocycles. The van der Waals surface area contributed by atoms with Crippen LogP contribution in [0.15, 0.2) is 60.2 Å². The Morgan fingerprint density at radius 1 is 1.09 bits per heavy atom. The summed E-state index contributed by atoms with van der Waals surface area (Å²) in [5, 5.41) is 20.8. The summed E-state index contributed by atoms with van der Waals surface area (Å²) in [5.74, 6) is -0.423. The summed E-state index contributed by atoms with van der Waals surface area (Å²) in [4.78, 5) is 12.2. The molecule has 2 aromatic carbocycles. The molecule has 4 nitrogen and oxygen atoms in total. The first-order valence-corrected chi connectivity index (χ1v) is 7.12. The summed E-state index contributed by atoms with van der Waals surface area (Å²) in [6.45, 7) is 1.87. The van der Waals surface area contributed by atoms with Crippen molar-refractivity contribution in [3.8, 4) is 12.1 Å². The molecular weight excluding hydrogens is 286 g/mol. The molecule has 0 saturated heterocycles. The van der Waals surface area contributed by atoms with Gasteiger partial charge in [-0.2, -0.15) is 10.5 Å². The minimum Gasteiger partial charge on any atom is -0.345 e. The number of nitrogens with one attached hydrogen (secondary N) is 1. The van der Waals surface area contributed by atoms with Crippen LogP contribution >= 0.6 is 0 Å². The molecule has 0 aliphatic rings. The summed E-state index contributed by atoms with van der Waals surface area (Å²) in [7, 11) is 0. The van der Waals surface area contributed by atoms with E-state index in [9.17, 15) is 10.1 Å². The number of nitriles is 2. The fourth-order valence-electron chi connectivity index (χ4n) is 2.07. The van der Waals surface area contributed by atoms with Gasteiger partial charge in [-0.25, -0.2) is 0 Å². The van der Waals surface area contributed by atoms with Gasteiger partial charge in [0.15, 0.2) is 0 Å². The van der Waals surface area contributed by atoms with Crippen LogP contribution < -0.4 is 5.32 Å². The molecule has 2 aromatic rings. The Hall–Kier alpha value is -3.37. The van der Waals surface area contributed by atoms with Crippen LogP contribution in [0.2, 0.25) is 0 Å². The highest BCUT2D eigenvalue weighted by molar-refractivity contribution is 6.01. The molecule has 23 heavy (non-hydrogen) atoms. The molecule has 0 spiro atoms. The van der Waals surface area contributed by atoms with Crippen molar-refractivity contribution in [1.29, 1.82) is 10.5 Å². The van der Waals surface area contributed by atoms with Crippen LogP contribution in [0, 0.1) is 22.7 Å². The Morgan fingerprint density at radius 2 is 1.74 bits per heavy atom. The molecule has 2 rings (SSSR count). The smallest absolute Gasteiger partial charge is 0.262 e. The first-order valence-electron chi connectivity index (χ1n) is 7.12. The molecule has 1 amide bonds. The number of carbonyl (C=O) groups is 1. The molecule has 0 bridgehead atoms. The number of hydrogen-bond acceptors (Lipinski definition) is 3. The van der Waals surface area contributed by atoms with Gasteiger partial charge in [-0.05, 0) is 36.3 Å². The van der Waals surface area contributed by atoms with Crippen LogP contribution in [-0.4, -0.2) is 5.91 Å². The Bertz CT molecular complexity index is 793. The van der Waals surface area contributed by atoms with Crippen molar-refractivity contribution in [2.45, 2.75) is 13.0 Å². The van der Waals surface area contributed by atoms with E-state index in [0.29, 0.717) is 11.1 Å². The van der Waals surface area contributed by atoms with Gasteiger partial charge in [0.1, 0.15) is 11.6 Å². The lowest BCUT2D eigenvalue weighted by Gasteiger charge is -2.13. The molecule has 0 aromatic heterocycles. The van der Waals surface area contributed by atoms with Gasteiger partial charge in [0, 0.05) is 0 Å². The van der Waals surface area contributed by atoms with Crippen LogP contribution in [0.25, 0.3) is 6.08 Å². The molecule has 1 atom stereocenters. The van der Waals surface area contributed by atoms with Gasteiger partial charge in [0.25, 0.3) is 5.91 Å². The number of rotatable bonds is 4. The first kappa shape index (κ1) is 16.0. The van der Waals surface area contributed by atoms with Crippen molar-refractivity contribution in [1.82, 2.24) is 5.32 Å². The Morgan fingerprint density at radius 3 is 2.30 bits per heavy atom. The van der Waals surface area contributed by atoms with Gasteiger partial charge in [0.2, 0.25) is 0 Å². The molecule has 4 heteroatoms. The third-order valence-electron chi connectivity index (χ3n) is 3.36. The molecule has 0 aliphatic heterocycles. The minimum atomic E-state index is -0.423. The van der Waals surface area contributed by atoms with Crippen molar-refractivity contribution < 1.29 is 4.79 Å². The Balaban J connectivity index is 2.13. The predicted octanol–water partition coefficient (Wildman–Crippen LogP) is 3.34. The minimum absolute atomic E-state index is 0.0255. The van der Waals surface area contributed by atoms with Gasteiger partial charge in [0.05, 0.1) is 17.7 Å². The van der Waals surface area contributed by atoms with Crippen LogP contribution in [0.1, 0.15) is 29.7 Å². The van der Waals surface area contributed by atoms with E-state index in [1.165, 1.54) is 6.08 Å². The fraction of sp³-hybridized carbons (Fsp3) is 0.105. The summed E-state index contributed by atoms with van der Waals surface area (Å²) in [6.07, 6.45) is 1.51. The standard InChI is InChI=1S/C19H15N3O/c1-14(17-5-3-2-4-6-17)22-19(23)18(13-21)11-15-7-9-16(12-20)10-8-15/h2-11,14H,1H3,(H,22,23)/b18-11+/t14-/m1/s1. The fourth-order valence-corrected chi connectivity index (χ4v) is 2.07. The van der Waals surface area contributed by atoms with E-state index in [2.05, 4.69) is 5.32 Å². The van der Waals surface area contributed by atoms with E-state index in [4.69, 9.17) is 5.26 Å². The number of benzene rings is 2. The predicted molar refractivity (Wildman–Crippen MR) is 87.7 cm³/mol. The Labute approximate surface area is 135 Å². The quantitative estimate of drug-likeness (QED) is 0.695. The third-order valence-corrected chi connectivity index (χ3v) is 3.36. The van der Waals surface area contributed by atoms with Crippen LogP contribution in [0.3, 0.4) is 0 Å². The van der Waals surface area contributed by atoms with E-state index in [-0.39, 0.29) is 11.6 Å². The lowest BCUT2D eigenvalue weighted by Crippen LogP contribution is -2.27. The highest BCUT2D eigenvalue weighted by Crippen LogP contribution is 2.13. The molecule has 0 radical (unpaired) electrons. The van der Waals surface area contributed by atoms with E-state index in [0.717, 1.165) is 5.56 Å². The Kier molecular flexibility index (Phi) is 5.28. The maximum absolute atomic E-state index is 12.2. The highest BCUT2D eigenvalue weighted by Gasteiger charge is 2.13. The molecule has 1 N–H and O–H groups in total. The maximum Gasteiger partial charge on any atom is 0.262 e. The van der Waals surface area contributed by atoms with Gasteiger partial charge in [-0.3, -0.25) is 4.79 Å². The maximum atomic E-state index is 12.2.